The molecule has 0 N–H and O–H groups in total. The Morgan fingerprint density at radius 1 is 1.19 bits per heavy atom. The highest BCUT2D eigenvalue weighted by Crippen LogP contribution is 2.28. The van der Waals surface area contributed by atoms with E-state index in [1.807, 2.05) is 49.4 Å². The summed E-state index contributed by atoms with van der Waals surface area (Å²) in [5.74, 6) is 1.04. The number of ether oxygens (including phenoxy) is 1. The summed E-state index contributed by atoms with van der Waals surface area (Å²) in [5, 5.41) is 6.00. The van der Waals surface area contributed by atoms with E-state index in [1.54, 1.807) is 41.0 Å². The normalized spacial score (nSPS) is 10.9. The molecule has 0 fully saturated rings. The summed E-state index contributed by atoms with van der Waals surface area (Å²) in [6.07, 6.45) is 3.49. The summed E-state index contributed by atoms with van der Waals surface area (Å²) in [6, 6.07) is 17.0. The maximum atomic E-state index is 12.7. The molecule has 4 rings (SSSR count). The molecule has 0 unspecified atom stereocenters. The van der Waals surface area contributed by atoms with Crippen molar-refractivity contribution in [2.45, 2.75) is 11.9 Å². The zero-order valence-electron chi connectivity index (χ0n) is 17.2. The average Bonchev–Trinajstić information content (AvgIpc) is 3.22. The quantitative estimate of drug-likeness (QED) is 0.360. The van der Waals surface area contributed by atoms with Crippen LogP contribution in [0, 0.1) is 0 Å². The first-order valence-corrected chi connectivity index (χ1v) is 11.1. The van der Waals surface area contributed by atoms with Crippen molar-refractivity contribution in [2.75, 3.05) is 24.3 Å². The number of halogens is 1. The monoisotopic (exact) mass is 452 g/mol. The lowest BCUT2D eigenvalue weighted by Crippen LogP contribution is -2.27. The fourth-order valence-electron chi connectivity index (χ4n) is 3.09. The van der Waals surface area contributed by atoms with Gasteiger partial charge in [0.1, 0.15) is 10.8 Å². The first-order valence-electron chi connectivity index (χ1n) is 9.77. The molecule has 0 spiro atoms. The van der Waals surface area contributed by atoms with Gasteiger partial charge in [0.05, 0.1) is 23.6 Å². The number of thioether (sulfide) groups is 1. The van der Waals surface area contributed by atoms with Gasteiger partial charge in [0.15, 0.2) is 0 Å². The number of carbonyl (C=O) groups excluding carboxylic acids is 1. The molecule has 2 aromatic heterocycles. The Hall–Kier alpha value is -3.03. The van der Waals surface area contributed by atoms with Crippen molar-refractivity contribution < 1.29 is 9.53 Å². The van der Waals surface area contributed by atoms with E-state index in [-0.39, 0.29) is 11.7 Å². The molecule has 2 heterocycles. The molecule has 1 amide bonds. The molecule has 6 nitrogen and oxygen atoms in total. The Bertz CT molecular complexity index is 1210. The van der Waals surface area contributed by atoms with E-state index in [0.29, 0.717) is 11.6 Å². The van der Waals surface area contributed by atoms with Crippen molar-refractivity contribution in [1.29, 1.82) is 0 Å². The van der Waals surface area contributed by atoms with Crippen LogP contribution in [0.25, 0.3) is 16.8 Å². The van der Waals surface area contributed by atoms with E-state index in [4.69, 9.17) is 16.3 Å². The number of anilines is 1. The van der Waals surface area contributed by atoms with Crippen LogP contribution in [0.15, 0.2) is 72.0 Å². The van der Waals surface area contributed by atoms with Crippen LogP contribution in [0.5, 0.6) is 5.75 Å². The Balaban J connectivity index is 1.51. The fourth-order valence-corrected chi connectivity index (χ4v) is 4.17. The van der Waals surface area contributed by atoms with Crippen LogP contribution in [0.4, 0.5) is 5.69 Å². The van der Waals surface area contributed by atoms with Gasteiger partial charge < -0.3 is 9.64 Å². The van der Waals surface area contributed by atoms with E-state index >= 15 is 0 Å². The maximum absolute atomic E-state index is 12.7. The SMILES string of the molecule is CCOc1ccc(-c2cc3c(SCC(=O)N(C)c4cccc(Cl)c4)nccn3n2)cc1. The van der Waals surface area contributed by atoms with E-state index in [1.165, 1.54) is 11.8 Å². The lowest BCUT2D eigenvalue weighted by Gasteiger charge is -2.17. The number of nitrogens with zero attached hydrogens (tertiary/aromatic N) is 4. The second kappa shape index (κ2) is 9.41. The molecule has 0 saturated heterocycles. The topological polar surface area (TPSA) is 59.7 Å². The number of carbonyl (C=O) groups is 1. The van der Waals surface area contributed by atoms with Crippen molar-refractivity contribution in [3.63, 3.8) is 0 Å². The predicted molar refractivity (Wildman–Crippen MR) is 125 cm³/mol. The number of hydrogen-bond acceptors (Lipinski definition) is 5. The van der Waals surface area contributed by atoms with Crippen LogP contribution < -0.4 is 9.64 Å². The molecule has 8 heteroatoms. The third kappa shape index (κ3) is 4.84. The van der Waals surface area contributed by atoms with Crippen LogP contribution in [0.1, 0.15) is 6.92 Å². The number of aromatic nitrogens is 3. The first kappa shape index (κ1) is 21.2. The Morgan fingerprint density at radius 3 is 2.74 bits per heavy atom. The molecular formula is C23H21ClN4O2S. The molecule has 0 aliphatic carbocycles. The van der Waals surface area contributed by atoms with Gasteiger partial charge in [-0.15, -0.1) is 0 Å². The smallest absolute Gasteiger partial charge is 0.237 e. The van der Waals surface area contributed by atoms with Gasteiger partial charge in [0.25, 0.3) is 0 Å². The molecule has 2 aromatic carbocycles. The summed E-state index contributed by atoms with van der Waals surface area (Å²) >= 11 is 7.43. The predicted octanol–water partition coefficient (Wildman–Crippen LogP) is 5.20. The van der Waals surface area contributed by atoms with Crippen LogP contribution in [-0.2, 0) is 4.79 Å². The molecule has 4 aromatic rings. The summed E-state index contributed by atoms with van der Waals surface area (Å²) < 4.78 is 7.29. The van der Waals surface area contributed by atoms with Gasteiger partial charge in [0.2, 0.25) is 5.91 Å². The largest absolute Gasteiger partial charge is 0.494 e. The van der Waals surface area contributed by atoms with Gasteiger partial charge in [-0.25, -0.2) is 9.50 Å². The minimum absolute atomic E-state index is 0.0395. The second-order valence-corrected chi connectivity index (χ2v) is 8.17. The molecule has 0 atom stereocenters. The summed E-state index contributed by atoms with van der Waals surface area (Å²) in [4.78, 5) is 18.7. The van der Waals surface area contributed by atoms with E-state index < -0.39 is 0 Å². The minimum atomic E-state index is -0.0395. The van der Waals surface area contributed by atoms with Gasteiger partial charge in [-0.2, -0.15) is 5.10 Å². The van der Waals surface area contributed by atoms with Crippen LogP contribution in [-0.4, -0.2) is 39.9 Å². The lowest BCUT2D eigenvalue weighted by molar-refractivity contribution is -0.115. The summed E-state index contributed by atoms with van der Waals surface area (Å²) in [5.41, 5.74) is 3.43. The average molecular weight is 453 g/mol. The van der Waals surface area contributed by atoms with Gasteiger partial charge in [-0.3, -0.25) is 4.79 Å². The zero-order valence-corrected chi connectivity index (χ0v) is 18.7. The highest BCUT2D eigenvalue weighted by Gasteiger charge is 2.15. The number of benzene rings is 2. The zero-order chi connectivity index (χ0) is 21.8. The molecule has 0 radical (unpaired) electrons. The third-order valence-corrected chi connectivity index (χ3v) is 5.93. The summed E-state index contributed by atoms with van der Waals surface area (Å²) in [7, 11) is 1.74. The molecule has 158 valence electrons. The van der Waals surface area contributed by atoms with Crippen molar-refractivity contribution in [1.82, 2.24) is 14.6 Å². The molecule has 0 bridgehead atoms. The molecule has 31 heavy (non-hydrogen) atoms. The Kier molecular flexibility index (Phi) is 6.44. The molecule has 0 aliphatic rings. The number of fused-ring (bicyclic) bond motifs is 1. The third-order valence-electron chi connectivity index (χ3n) is 4.72. The van der Waals surface area contributed by atoms with Crippen LogP contribution in [0.3, 0.4) is 0 Å². The molecule has 0 aliphatic heterocycles. The highest BCUT2D eigenvalue weighted by molar-refractivity contribution is 8.00. The minimum Gasteiger partial charge on any atom is -0.494 e. The van der Waals surface area contributed by atoms with Gasteiger partial charge >= 0.3 is 0 Å². The van der Waals surface area contributed by atoms with Gasteiger partial charge in [-0.05, 0) is 55.5 Å². The van der Waals surface area contributed by atoms with E-state index in [0.717, 1.165) is 33.2 Å². The van der Waals surface area contributed by atoms with Crippen LogP contribution in [0.2, 0.25) is 5.02 Å². The van der Waals surface area contributed by atoms with Crippen molar-refractivity contribution in [3.8, 4) is 17.0 Å². The maximum Gasteiger partial charge on any atom is 0.237 e. The fraction of sp³-hybridized carbons (Fsp3) is 0.174. The summed E-state index contributed by atoms with van der Waals surface area (Å²) in [6.45, 7) is 2.59. The number of hydrogen-bond donors (Lipinski definition) is 0. The van der Waals surface area contributed by atoms with Crippen molar-refractivity contribution in [2.24, 2.45) is 0 Å². The highest BCUT2D eigenvalue weighted by atomic mass is 35.5. The van der Waals surface area contributed by atoms with E-state index in [2.05, 4.69) is 10.1 Å². The lowest BCUT2D eigenvalue weighted by atomic mass is 10.1. The van der Waals surface area contributed by atoms with Crippen molar-refractivity contribution >= 4 is 40.5 Å². The molecule has 0 saturated carbocycles. The van der Waals surface area contributed by atoms with Gasteiger partial charge in [-0.1, -0.05) is 29.4 Å². The Morgan fingerprint density at radius 2 is 2.00 bits per heavy atom. The molecular weight excluding hydrogens is 432 g/mol. The van der Waals surface area contributed by atoms with E-state index in [9.17, 15) is 4.79 Å². The van der Waals surface area contributed by atoms with Gasteiger partial charge in [0, 0.05) is 35.7 Å². The van der Waals surface area contributed by atoms with Crippen LogP contribution >= 0.6 is 23.4 Å². The number of rotatable bonds is 7. The van der Waals surface area contributed by atoms with Crippen molar-refractivity contribution in [3.05, 3.63) is 72.0 Å². The first-order chi connectivity index (χ1) is 15.0. The Labute approximate surface area is 189 Å². The standard InChI is InChI=1S/C23H21ClN4O2S/c1-3-30-19-9-7-16(8-10-19)20-14-21-23(25-11-12-28(21)26-20)31-15-22(29)27(2)18-6-4-5-17(24)13-18/h4-14H,3,15H2,1-2H3. The second-order valence-electron chi connectivity index (χ2n) is 6.77. The number of amides is 1.